The van der Waals surface area contributed by atoms with Gasteiger partial charge in [-0.2, -0.15) is 5.26 Å². The lowest BCUT2D eigenvalue weighted by atomic mass is 10.1. The van der Waals surface area contributed by atoms with Crippen LogP contribution >= 0.6 is 0 Å². The number of aromatic nitrogens is 1. The van der Waals surface area contributed by atoms with Crippen LogP contribution in [0.5, 0.6) is 0 Å². The van der Waals surface area contributed by atoms with Gasteiger partial charge in [-0.05, 0) is 57.9 Å². The van der Waals surface area contributed by atoms with Crippen molar-refractivity contribution in [1.82, 2.24) is 9.88 Å². The standard InChI is InChI=1S/C16H21N3O2/c1-16(2,3)21-15(20)14-5-4-8-19(14)11-12-6-7-18-13(9-12)10-17/h6-7,9,14H,4-5,8,11H2,1-3H3/t14-/m1/s1. The summed E-state index contributed by atoms with van der Waals surface area (Å²) in [5, 5.41) is 8.89. The molecule has 1 saturated heterocycles. The van der Waals surface area contributed by atoms with Crippen LogP contribution in [0.1, 0.15) is 44.9 Å². The minimum absolute atomic E-state index is 0.158. The molecule has 1 fully saturated rings. The molecule has 112 valence electrons. The average Bonchev–Trinajstić information content (AvgIpc) is 2.85. The van der Waals surface area contributed by atoms with E-state index in [2.05, 4.69) is 9.88 Å². The molecule has 2 heterocycles. The summed E-state index contributed by atoms with van der Waals surface area (Å²) < 4.78 is 5.49. The van der Waals surface area contributed by atoms with E-state index < -0.39 is 5.60 Å². The third kappa shape index (κ3) is 4.27. The topological polar surface area (TPSA) is 66.2 Å². The molecule has 0 bridgehead atoms. The van der Waals surface area contributed by atoms with Crippen molar-refractivity contribution >= 4 is 5.97 Å². The molecule has 1 aromatic heterocycles. The highest BCUT2D eigenvalue weighted by atomic mass is 16.6. The molecular weight excluding hydrogens is 266 g/mol. The predicted octanol–water partition coefficient (Wildman–Crippen LogP) is 2.26. The Hall–Kier alpha value is -1.93. The van der Waals surface area contributed by atoms with Crippen molar-refractivity contribution in [2.45, 2.75) is 51.8 Å². The second kappa shape index (κ2) is 6.23. The SMILES string of the molecule is CC(C)(C)OC(=O)[C@H]1CCCN1Cc1ccnc(C#N)c1. The summed E-state index contributed by atoms with van der Waals surface area (Å²) in [6.07, 6.45) is 3.44. The number of nitrogens with zero attached hydrogens (tertiary/aromatic N) is 3. The summed E-state index contributed by atoms with van der Waals surface area (Å²) in [5.41, 5.74) is 0.938. The Morgan fingerprint density at radius 3 is 3.00 bits per heavy atom. The van der Waals surface area contributed by atoms with Gasteiger partial charge in [0.15, 0.2) is 0 Å². The first-order valence-electron chi connectivity index (χ1n) is 7.21. The Morgan fingerprint density at radius 1 is 1.57 bits per heavy atom. The fraction of sp³-hybridized carbons (Fsp3) is 0.562. The zero-order valence-electron chi connectivity index (χ0n) is 12.8. The first-order valence-corrected chi connectivity index (χ1v) is 7.21. The van der Waals surface area contributed by atoms with E-state index in [0.29, 0.717) is 12.2 Å². The molecule has 21 heavy (non-hydrogen) atoms. The molecule has 2 rings (SSSR count). The maximum Gasteiger partial charge on any atom is 0.323 e. The maximum atomic E-state index is 12.3. The van der Waals surface area contributed by atoms with E-state index in [1.807, 2.05) is 32.9 Å². The van der Waals surface area contributed by atoms with Gasteiger partial charge in [-0.15, -0.1) is 0 Å². The zero-order chi connectivity index (χ0) is 15.5. The Bertz CT molecular complexity index is 557. The fourth-order valence-corrected chi connectivity index (χ4v) is 2.52. The molecule has 0 saturated carbocycles. The van der Waals surface area contributed by atoms with E-state index in [1.54, 1.807) is 12.3 Å². The van der Waals surface area contributed by atoms with Gasteiger partial charge >= 0.3 is 5.97 Å². The molecule has 1 atom stereocenters. The molecule has 1 aliphatic rings. The van der Waals surface area contributed by atoms with E-state index in [4.69, 9.17) is 10.00 Å². The number of hydrogen-bond donors (Lipinski definition) is 0. The number of esters is 1. The van der Waals surface area contributed by atoms with Crippen molar-refractivity contribution in [2.24, 2.45) is 0 Å². The predicted molar refractivity (Wildman–Crippen MR) is 78.2 cm³/mol. The number of carbonyl (C=O) groups is 1. The van der Waals surface area contributed by atoms with Crippen molar-refractivity contribution in [3.63, 3.8) is 0 Å². The van der Waals surface area contributed by atoms with Crippen LogP contribution in [0.15, 0.2) is 18.3 Å². The maximum absolute atomic E-state index is 12.3. The molecule has 0 aliphatic carbocycles. The van der Waals surface area contributed by atoms with Crippen LogP contribution in [0.25, 0.3) is 0 Å². The third-order valence-corrected chi connectivity index (χ3v) is 3.37. The summed E-state index contributed by atoms with van der Waals surface area (Å²) in [5.74, 6) is -0.158. The smallest absolute Gasteiger partial charge is 0.323 e. The minimum atomic E-state index is -0.462. The van der Waals surface area contributed by atoms with Crippen molar-refractivity contribution < 1.29 is 9.53 Å². The van der Waals surface area contributed by atoms with Crippen LogP contribution in [0.3, 0.4) is 0 Å². The van der Waals surface area contributed by atoms with Gasteiger partial charge < -0.3 is 4.74 Å². The lowest BCUT2D eigenvalue weighted by Gasteiger charge is -2.27. The largest absolute Gasteiger partial charge is 0.459 e. The summed E-state index contributed by atoms with van der Waals surface area (Å²) >= 11 is 0. The van der Waals surface area contributed by atoms with Gasteiger partial charge in [0.05, 0.1) is 0 Å². The molecule has 0 amide bonds. The quantitative estimate of drug-likeness (QED) is 0.798. The highest BCUT2D eigenvalue weighted by Crippen LogP contribution is 2.23. The molecule has 0 aromatic carbocycles. The first-order chi connectivity index (χ1) is 9.89. The van der Waals surface area contributed by atoms with Gasteiger partial charge in [-0.25, -0.2) is 4.98 Å². The summed E-state index contributed by atoms with van der Waals surface area (Å²) in [7, 11) is 0. The van der Waals surface area contributed by atoms with E-state index in [9.17, 15) is 4.79 Å². The van der Waals surface area contributed by atoms with Crippen LogP contribution in [0.4, 0.5) is 0 Å². The Morgan fingerprint density at radius 2 is 2.33 bits per heavy atom. The molecule has 1 aromatic rings. The second-order valence-electron chi connectivity index (χ2n) is 6.32. The lowest BCUT2D eigenvalue weighted by molar-refractivity contribution is -0.160. The molecular formula is C16H21N3O2. The number of carbonyl (C=O) groups excluding carboxylic acids is 1. The van der Waals surface area contributed by atoms with Crippen LogP contribution in [-0.2, 0) is 16.1 Å². The molecule has 0 unspecified atom stereocenters. The summed E-state index contributed by atoms with van der Waals surface area (Å²) in [4.78, 5) is 18.3. The van der Waals surface area contributed by atoms with Crippen LogP contribution in [-0.4, -0.2) is 34.0 Å². The number of likely N-dealkylation sites (tertiary alicyclic amines) is 1. The summed E-state index contributed by atoms with van der Waals surface area (Å²) in [6, 6.07) is 5.49. The van der Waals surface area contributed by atoms with Gasteiger partial charge in [0.25, 0.3) is 0 Å². The van der Waals surface area contributed by atoms with Crippen molar-refractivity contribution in [3.8, 4) is 6.07 Å². The first kappa shape index (κ1) is 15.5. The molecule has 1 aliphatic heterocycles. The number of pyridine rings is 1. The zero-order valence-corrected chi connectivity index (χ0v) is 12.8. The van der Waals surface area contributed by atoms with Gasteiger partial charge in [-0.3, -0.25) is 9.69 Å². The number of nitriles is 1. The van der Waals surface area contributed by atoms with E-state index in [0.717, 1.165) is 24.9 Å². The third-order valence-electron chi connectivity index (χ3n) is 3.37. The Balaban J connectivity index is 2.05. The monoisotopic (exact) mass is 287 g/mol. The van der Waals surface area contributed by atoms with Gasteiger partial charge in [0, 0.05) is 12.7 Å². The summed E-state index contributed by atoms with van der Waals surface area (Å²) in [6.45, 7) is 7.15. The fourth-order valence-electron chi connectivity index (χ4n) is 2.52. The molecule has 0 spiro atoms. The number of rotatable bonds is 3. The van der Waals surface area contributed by atoms with Gasteiger partial charge in [0.1, 0.15) is 23.4 Å². The number of hydrogen-bond acceptors (Lipinski definition) is 5. The van der Waals surface area contributed by atoms with Crippen LogP contribution < -0.4 is 0 Å². The average molecular weight is 287 g/mol. The van der Waals surface area contributed by atoms with E-state index in [-0.39, 0.29) is 12.0 Å². The highest BCUT2D eigenvalue weighted by molar-refractivity contribution is 5.76. The molecule has 5 nitrogen and oxygen atoms in total. The van der Waals surface area contributed by atoms with Gasteiger partial charge in [0.2, 0.25) is 0 Å². The van der Waals surface area contributed by atoms with Crippen LogP contribution in [0, 0.1) is 11.3 Å². The lowest BCUT2D eigenvalue weighted by Crippen LogP contribution is -2.40. The number of ether oxygens (including phenoxy) is 1. The minimum Gasteiger partial charge on any atom is -0.459 e. The van der Waals surface area contributed by atoms with Crippen molar-refractivity contribution in [2.75, 3.05) is 6.54 Å². The van der Waals surface area contributed by atoms with E-state index >= 15 is 0 Å². The van der Waals surface area contributed by atoms with E-state index in [1.165, 1.54) is 0 Å². The Kier molecular flexibility index (Phi) is 4.59. The van der Waals surface area contributed by atoms with Crippen molar-refractivity contribution in [1.29, 1.82) is 5.26 Å². The molecule has 0 radical (unpaired) electrons. The highest BCUT2D eigenvalue weighted by Gasteiger charge is 2.33. The molecule has 5 heteroatoms. The molecule has 0 N–H and O–H groups in total. The van der Waals surface area contributed by atoms with Crippen LogP contribution in [0.2, 0.25) is 0 Å². The van der Waals surface area contributed by atoms with Crippen molar-refractivity contribution in [3.05, 3.63) is 29.6 Å². The normalized spacial score (nSPS) is 19.2. The van der Waals surface area contributed by atoms with Gasteiger partial charge in [-0.1, -0.05) is 0 Å². The second-order valence-corrected chi connectivity index (χ2v) is 6.32. The Labute approximate surface area is 125 Å².